The summed E-state index contributed by atoms with van der Waals surface area (Å²) in [5.41, 5.74) is 0.783. The molecule has 0 aliphatic carbocycles. The molecule has 1 unspecified atom stereocenters. The molecule has 1 aromatic carbocycles. The molecule has 21 heavy (non-hydrogen) atoms. The molecule has 0 saturated carbocycles. The van der Waals surface area contributed by atoms with Crippen LogP contribution in [0.3, 0.4) is 0 Å². The van der Waals surface area contributed by atoms with Crippen LogP contribution in [0.5, 0.6) is 0 Å². The summed E-state index contributed by atoms with van der Waals surface area (Å²) in [6, 6.07) is 7.07. The van der Waals surface area contributed by atoms with E-state index in [9.17, 15) is 13.2 Å². The summed E-state index contributed by atoms with van der Waals surface area (Å²) in [5, 5.41) is 0.571. The summed E-state index contributed by atoms with van der Waals surface area (Å²) in [5.74, 6) is 0.213. The summed E-state index contributed by atoms with van der Waals surface area (Å²) >= 11 is 6.09. The third kappa shape index (κ3) is 4.20. The largest absolute Gasteiger partial charge is 0.338 e. The lowest BCUT2D eigenvalue weighted by atomic mass is 10.1. The fraction of sp³-hybridized carbons (Fsp3) is 0.533. The van der Waals surface area contributed by atoms with E-state index in [0.29, 0.717) is 18.0 Å². The highest BCUT2D eigenvalue weighted by atomic mass is 35.5. The fourth-order valence-corrected chi connectivity index (χ4v) is 4.61. The molecule has 1 atom stereocenters. The van der Waals surface area contributed by atoms with E-state index >= 15 is 0 Å². The quantitative estimate of drug-likeness (QED) is 0.833. The lowest BCUT2D eigenvalue weighted by Gasteiger charge is -2.28. The van der Waals surface area contributed by atoms with Gasteiger partial charge in [0.1, 0.15) is 0 Å². The standard InChI is InChI=1S/C15H20ClNO3S/c1-2-8-17(13-7-9-21(19,20)11-13)15(18)10-12-5-3-4-6-14(12)16/h3-6,13H,2,7-11H2,1H3. The Hall–Kier alpha value is -1.07. The first-order valence-electron chi connectivity index (χ1n) is 7.16. The SMILES string of the molecule is CCCN(C(=O)Cc1ccccc1Cl)C1CCS(=O)(=O)C1. The zero-order valence-corrected chi connectivity index (χ0v) is 13.7. The monoisotopic (exact) mass is 329 g/mol. The zero-order valence-electron chi connectivity index (χ0n) is 12.1. The van der Waals surface area contributed by atoms with Gasteiger partial charge in [-0.25, -0.2) is 8.42 Å². The van der Waals surface area contributed by atoms with Crippen molar-refractivity contribution in [2.45, 2.75) is 32.2 Å². The van der Waals surface area contributed by atoms with Crippen molar-refractivity contribution in [1.29, 1.82) is 0 Å². The lowest BCUT2D eigenvalue weighted by molar-refractivity contribution is -0.132. The number of carbonyl (C=O) groups excluding carboxylic acids is 1. The normalized spacial score (nSPS) is 20.4. The van der Waals surface area contributed by atoms with Gasteiger partial charge in [-0.1, -0.05) is 36.7 Å². The number of hydrogen-bond donors (Lipinski definition) is 0. The van der Waals surface area contributed by atoms with Crippen LogP contribution in [-0.2, 0) is 21.1 Å². The number of hydrogen-bond acceptors (Lipinski definition) is 3. The van der Waals surface area contributed by atoms with Crippen molar-refractivity contribution < 1.29 is 13.2 Å². The maximum Gasteiger partial charge on any atom is 0.227 e. The van der Waals surface area contributed by atoms with E-state index in [-0.39, 0.29) is 29.9 Å². The molecular formula is C15H20ClNO3S. The molecule has 6 heteroatoms. The van der Waals surface area contributed by atoms with E-state index in [0.717, 1.165) is 12.0 Å². The molecule has 1 amide bonds. The Kier molecular flexibility index (Phi) is 5.27. The van der Waals surface area contributed by atoms with Gasteiger partial charge >= 0.3 is 0 Å². The van der Waals surface area contributed by atoms with Crippen molar-refractivity contribution in [2.75, 3.05) is 18.1 Å². The Morgan fingerprint density at radius 3 is 2.67 bits per heavy atom. The molecule has 1 fully saturated rings. The van der Waals surface area contributed by atoms with Crippen LogP contribution in [0.15, 0.2) is 24.3 Å². The van der Waals surface area contributed by atoms with Crippen molar-refractivity contribution in [1.82, 2.24) is 4.90 Å². The topological polar surface area (TPSA) is 54.5 Å². The third-order valence-electron chi connectivity index (χ3n) is 3.73. The number of benzene rings is 1. The van der Waals surface area contributed by atoms with E-state index in [1.165, 1.54) is 0 Å². The van der Waals surface area contributed by atoms with Crippen LogP contribution >= 0.6 is 11.6 Å². The van der Waals surface area contributed by atoms with E-state index in [1.54, 1.807) is 11.0 Å². The molecule has 1 saturated heterocycles. The van der Waals surface area contributed by atoms with Crippen LogP contribution < -0.4 is 0 Å². The number of halogens is 1. The van der Waals surface area contributed by atoms with Crippen LogP contribution in [0.1, 0.15) is 25.3 Å². The highest BCUT2D eigenvalue weighted by Gasteiger charge is 2.34. The molecule has 4 nitrogen and oxygen atoms in total. The fourth-order valence-electron chi connectivity index (χ4n) is 2.68. The van der Waals surface area contributed by atoms with Gasteiger partial charge in [0.25, 0.3) is 0 Å². The van der Waals surface area contributed by atoms with E-state index in [4.69, 9.17) is 11.6 Å². The Bertz CT molecular complexity index is 615. The van der Waals surface area contributed by atoms with Gasteiger partial charge in [0, 0.05) is 17.6 Å². The molecule has 0 aromatic heterocycles. The number of sulfone groups is 1. The van der Waals surface area contributed by atoms with Crippen LogP contribution in [0, 0.1) is 0 Å². The average Bonchev–Trinajstić information content (AvgIpc) is 2.78. The first kappa shape index (κ1) is 16.3. The maximum atomic E-state index is 12.5. The Labute approximate surface area is 131 Å². The summed E-state index contributed by atoms with van der Waals surface area (Å²) in [4.78, 5) is 14.2. The molecule has 1 heterocycles. The van der Waals surface area contributed by atoms with Gasteiger partial charge in [0.05, 0.1) is 17.9 Å². The van der Waals surface area contributed by atoms with Gasteiger partial charge in [-0.05, 0) is 24.5 Å². The van der Waals surface area contributed by atoms with Crippen molar-refractivity contribution in [2.24, 2.45) is 0 Å². The van der Waals surface area contributed by atoms with Crippen molar-refractivity contribution in [3.63, 3.8) is 0 Å². The summed E-state index contributed by atoms with van der Waals surface area (Å²) in [6.07, 6.45) is 1.57. The molecule has 1 aliphatic rings. The number of carbonyl (C=O) groups is 1. The number of amides is 1. The minimum Gasteiger partial charge on any atom is -0.338 e. The number of nitrogens with zero attached hydrogens (tertiary/aromatic N) is 1. The second-order valence-electron chi connectivity index (χ2n) is 5.41. The maximum absolute atomic E-state index is 12.5. The molecule has 0 spiro atoms. The molecule has 0 N–H and O–H groups in total. The molecule has 0 bridgehead atoms. The highest BCUT2D eigenvalue weighted by Crippen LogP contribution is 2.21. The van der Waals surface area contributed by atoms with Crippen LogP contribution in [0.25, 0.3) is 0 Å². The summed E-state index contributed by atoms with van der Waals surface area (Å²) in [7, 11) is -2.99. The lowest BCUT2D eigenvalue weighted by Crippen LogP contribution is -2.42. The zero-order chi connectivity index (χ0) is 15.5. The van der Waals surface area contributed by atoms with E-state index in [1.807, 2.05) is 25.1 Å². The minimum absolute atomic E-state index is 0.0490. The predicted octanol–water partition coefficient (Wildman–Crippen LogP) is 2.31. The van der Waals surface area contributed by atoms with Crippen LogP contribution in [0.2, 0.25) is 5.02 Å². The second kappa shape index (κ2) is 6.79. The van der Waals surface area contributed by atoms with Gasteiger partial charge < -0.3 is 4.90 Å². The highest BCUT2D eigenvalue weighted by molar-refractivity contribution is 7.91. The smallest absolute Gasteiger partial charge is 0.227 e. The van der Waals surface area contributed by atoms with Crippen molar-refractivity contribution in [3.05, 3.63) is 34.9 Å². The average molecular weight is 330 g/mol. The molecule has 1 aliphatic heterocycles. The molecular weight excluding hydrogens is 310 g/mol. The van der Waals surface area contributed by atoms with Crippen molar-refractivity contribution >= 4 is 27.3 Å². The molecule has 1 aromatic rings. The Balaban J connectivity index is 2.11. The second-order valence-corrected chi connectivity index (χ2v) is 8.05. The summed E-state index contributed by atoms with van der Waals surface area (Å²) < 4.78 is 23.3. The first-order valence-corrected chi connectivity index (χ1v) is 9.36. The van der Waals surface area contributed by atoms with Gasteiger partial charge in [-0.2, -0.15) is 0 Å². The minimum atomic E-state index is -2.99. The van der Waals surface area contributed by atoms with E-state index < -0.39 is 9.84 Å². The Morgan fingerprint density at radius 2 is 2.10 bits per heavy atom. The van der Waals surface area contributed by atoms with Crippen LogP contribution in [-0.4, -0.2) is 43.3 Å². The molecule has 116 valence electrons. The van der Waals surface area contributed by atoms with Gasteiger partial charge in [-0.3, -0.25) is 4.79 Å². The number of rotatable bonds is 5. The first-order chi connectivity index (χ1) is 9.93. The summed E-state index contributed by atoms with van der Waals surface area (Å²) in [6.45, 7) is 2.57. The van der Waals surface area contributed by atoms with Gasteiger partial charge in [-0.15, -0.1) is 0 Å². The van der Waals surface area contributed by atoms with Gasteiger partial charge in [0.2, 0.25) is 5.91 Å². The van der Waals surface area contributed by atoms with Crippen molar-refractivity contribution in [3.8, 4) is 0 Å². The molecule has 2 rings (SSSR count). The third-order valence-corrected chi connectivity index (χ3v) is 5.85. The van der Waals surface area contributed by atoms with Gasteiger partial charge in [0.15, 0.2) is 9.84 Å². The Morgan fingerprint density at radius 1 is 1.38 bits per heavy atom. The predicted molar refractivity (Wildman–Crippen MR) is 84.2 cm³/mol. The van der Waals surface area contributed by atoms with Crippen LogP contribution in [0.4, 0.5) is 0 Å². The molecule has 0 radical (unpaired) electrons. The van der Waals surface area contributed by atoms with E-state index in [2.05, 4.69) is 0 Å².